The van der Waals surface area contributed by atoms with Crippen LogP contribution in [-0.2, 0) is 0 Å². The van der Waals surface area contributed by atoms with Gasteiger partial charge in [0, 0.05) is 18.3 Å². The largest absolute Gasteiger partial charge is 0.481 e. The molecule has 0 aliphatic carbocycles. The molecule has 0 aliphatic rings. The predicted octanol–water partition coefficient (Wildman–Crippen LogP) is 1.53. The van der Waals surface area contributed by atoms with E-state index in [1.165, 1.54) is 0 Å². The Kier molecular flexibility index (Phi) is 4.62. The quantitative estimate of drug-likeness (QED) is 0.766. The minimum Gasteiger partial charge on any atom is -0.481 e. The summed E-state index contributed by atoms with van der Waals surface area (Å²) in [6.07, 6.45) is 1.73. The fourth-order valence-corrected chi connectivity index (χ4v) is 0.782. The number of ether oxygens (including phenoxy) is 1. The lowest BCUT2D eigenvalue weighted by molar-refractivity contribution is 0.397. The summed E-state index contributed by atoms with van der Waals surface area (Å²) in [5, 5.41) is 0. The molecule has 1 rings (SSSR count). The number of aromatic nitrogens is 1. The van der Waals surface area contributed by atoms with E-state index in [1.54, 1.807) is 19.4 Å². The average molecular weight is 189 g/mol. The minimum atomic E-state index is 0. The van der Waals surface area contributed by atoms with Crippen LogP contribution in [0, 0.1) is 0 Å². The van der Waals surface area contributed by atoms with E-state index in [1.807, 2.05) is 13.0 Å². The Morgan fingerprint density at radius 1 is 1.50 bits per heavy atom. The number of hydrogen-bond donors (Lipinski definition) is 1. The normalized spacial score (nSPS) is 11.6. The number of hydrogen-bond acceptors (Lipinski definition) is 3. The second-order valence-corrected chi connectivity index (χ2v) is 2.42. The van der Waals surface area contributed by atoms with Crippen LogP contribution in [0.25, 0.3) is 0 Å². The molecule has 0 aliphatic heterocycles. The van der Waals surface area contributed by atoms with Crippen LogP contribution in [0.4, 0.5) is 0 Å². The van der Waals surface area contributed by atoms with E-state index < -0.39 is 0 Å². The molecule has 1 unspecified atom stereocenters. The molecule has 0 spiro atoms. The molecule has 4 heteroatoms. The van der Waals surface area contributed by atoms with Gasteiger partial charge in [0.1, 0.15) is 0 Å². The maximum atomic E-state index is 5.62. The van der Waals surface area contributed by atoms with E-state index in [4.69, 9.17) is 10.5 Å². The van der Waals surface area contributed by atoms with E-state index >= 15 is 0 Å². The van der Waals surface area contributed by atoms with Gasteiger partial charge in [-0.3, -0.25) is 0 Å². The van der Waals surface area contributed by atoms with Crippen LogP contribution >= 0.6 is 12.4 Å². The van der Waals surface area contributed by atoms with E-state index in [-0.39, 0.29) is 18.4 Å². The van der Waals surface area contributed by atoms with Crippen LogP contribution in [0.2, 0.25) is 0 Å². The first-order valence-corrected chi connectivity index (χ1v) is 3.49. The van der Waals surface area contributed by atoms with Gasteiger partial charge in [0.2, 0.25) is 5.88 Å². The Morgan fingerprint density at radius 3 is 2.50 bits per heavy atom. The molecule has 1 aromatic heterocycles. The van der Waals surface area contributed by atoms with Crippen molar-refractivity contribution in [3.8, 4) is 5.88 Å². The van der Waals surface area contributed by atoms with Crippen LogP contribution in [-0.4, -0.2) is 12.1 Å². The summed E-state index contributed by atoms with van der Waals surface area (Å²) in [4.78, 5) is 4.02. The van der Waals surface area contributed by atoms with Crippen molar-refractivity contribution in [3.63, 3.8) is 0 Å². The molecule has 1 heterocycles. The van der Waals surface area contributed by atoms with Crippen molar-refractivity contribution in [1.82, 2.24) is 4.98 Å². The molecular formula is C8H13ClN2O. The number of nitrogens with zero attached hydrogens (tertiary/aromatic N) is 1. The third kappa shape index (κ3) is 2.68. The first-order chi connectivity index (χ1) is 5.24. The van der Waals surface area contributed by atoms with E-state index in [9.17, 15) is 0 Å². The van der Waals surface area contributed by atoms with Crippen molar-refractivity contribution < 1.29 is 4.74 Å². The Morgan fingerprint density at radius 2 is 2.17 bits per heavy atom. The lowest BCUT2D eigenvalue weighted by atomic mass is 10.2. The van der Waals surface area contributed by atoms with Crippen LogP contribution in [0.3, 0.4) is 0 Å². The van der Waals surface area contributed by atoms with Crippen molar-refractivity contribution in [1.29, 1.82) is 0 Å². The van der Waals surface area contributed by atoms with Crippen LogP contribution in [0.5, 0.6) is 5.88 Å². The number of methoxy groups -OCH3 is 1. The van der Waals surface area contributed by atoms with Gasteiger partial charge < -0.3 is 10.5 Å². The second-order valence-electron chi connectivity index (χ2n) is 2.42. The molecule has 1 aromatic rings. The van der Waals surface area contributed by atoms with Gasteiger partial charge in [0.25, 0.3) is 0 Å². The van der Waals surface area contributed by atoms with Crippen molar-refractivity contribution in [3.05, 3.63) is 23.9 Å². The Labute approximate surface area is 78.4 Å². The molecule has 68 valence electrons. The maximum Gasteiger partial charge on any atom is 0.212 e. The molecule has 0 saturated carbocycles. The molecule has 0 bridgehead atoms. The van der Waals surface area contributed by atoms with Crippen LogP contribution in [0.15, 0.2) is 18.3 Å². The number of halogens is 1. The van der Waals surface area contributed by atoms with Gasteiger partial charge in [-0.1, -0.05) is 6.07 Å². The molecule has 0 amide bonds. The van der Waals surface area contributed by atoms with Crippen molar-refractivity contribution in [2.24, 2.45) is 5.73 Å². The highest BCUT2D eigenvalue weighted by Crippen LogP contribution is 2.11. The van der Waals surface area contributed by atoms with Gasteiger partial charge in [-0.15, -0.1) is 12.4 Å². The summed E-state index contributed by atoms with van der Waals surface area (Å²) < 4.78 is 4.90. The van der Waals surface area contributed by atoms with Gasteiger partial charge in [0.05, 0.1) is 7.11 Å². The Hall–Kier alpha value is -0.800. The third-order valence-electron chi connectivity index (χ3n) is 1.49. The topological polar surface area (TPSA) is 48.1 Å². The summed E-state index contributed by atoms with van der Waals surface area (Å²) in [7, 11) is 1.59. The SMILES string of the molecule is COc1ccc(C(C)N)cn1.Cl. The smallest absolute Gasteiger partial charge is 0.212 e. The molecule has 0 radical (unpaired) electrons. The first kappa shape index (κ1) is 11.2. The zero-order valence-corrected chi connectivity index (χ0v) is 7.97. The fourth-order valence-electron chi connectivity index (χ4n) is 0.782. The lowest BCUT2D eigenvalue weighted by Gasteiger charge is -2.04. The highest BCUT2D eigenvalue weighted by molar-refractivity contribution is 5.85. The molecule has 0 fully saturated rings. The van der Waals surface area contributed by atoms with E-state index in [0.29, 0.717) is 5.88 Å². The predicted molar refractivity (Wildman–Crippen MR) is 50.6 cm³/mol. The standard InChI is InChI=1S/C8H12N2O.ClH/c1-6(9)7-3-4-8(11-2)10-5-7;/h3-6H,9H2,1-2H3;1H. The van der Waals surface area contributed by atoms with Crippen molar-refractivity contribution in [2.75, 3.05) is 7.11 Å². The Balaban J connectivity index is 0.00000121. The third-order valence-corrected chi connectivity index (χ3v) is 1.49. The summed E-state index contributed by atoms with van der Waals surface area (Å²) in [5.41, 5.74) is 6.64. The monoisotopic (exact) mass is 188 g/mol. The maximum absolute atomic E-state index is 5.62. The zero-order valence-electron chi connectivity index (χ0n) is 7.15. The number of pyridine rings is 1. The van der Waals surface area contributed by atoms with Gasteiger partial charge in [-0.2, -0.15) is 0 Å². The van der Waals surface area contributed by atoms with Crippen molar-refractivity contribution >= 4 is 12.4 Å². The molecule has 0 aromatic carbocycles. The first-order valence-electron chi connectivity index (χ1n) is 3.49. The van der Waals surface area contributed by atoms with Gasteiger partial charge in [-0.05, 0) is 12.5 Å². The van der Waals surface area contributed by atoms with E-state index in [2.05, 4.69) is 4.98 Å². The number of rotatable bonds is 2. The lowest BCUT2D eigenvalue weighted by Crippen LogP contribution is -2.05. The summed E-state index contributed by atoms with van der Waals surface area (Å²) in [6.45, 7) is 1.92. The minimum absolute atomic E-state index is 0. The van der Waals surface area contributed by atoms with Crippen LogP contribution < -0.4 is 10.5 Å². The molecule has 1 atom stereocenters. The highest BCUT2D eigenvalue weighted by atomic mass is 35.5. The Bertz CT molecular complexity index is 223. The molecule has 3 nitrogen and oxygen atoms in total. The molecule has 12 heavy (non-hydrogen) atoms. The molecular weight excluding hydrogens is 176 g/mol. The average Bonchev–Trinajstić information content (AvgIpc) is 2.05. The van der Waals surface area contributed by atoms with Crippen molar-refractivity contribution in [2.45, 2.75) is 13.0 Å². The summed E-state index contributed by atoms with van der Waals surface area (Å²) in [5.74, 6) is 0.620. The summed E-state index contributed by atoms with van der Waals surface area (Å²) in [6, 6.07) is 3.75. The molecule has 2 N–H and O–H groups in total. The van der Waals surface area contributed by atoms with Gasteiger partial charge in [0.15, 0.2) is 0 Å². The fraction of sp³-hybridized carbons (Fsp3) is 0.375. The highest BCUT2D eigenvalue weighted by Gasteiger charge is 1.98. The number of nitrogens with two attached hydrogens (primary N) is 1. The van der Waals surface area contributed by atoms with Crippen LogP contribution in [0.1, 0.15) is 18.5 Å². The zero-order chi connectivity index (χ0) is 8.27. The second kappa shape index (κ2) is 4.95. The molecule has 0 saturated heterocycles. The van der Waals surface area contributed by atoms with Gasteiger partial charge >= 0.3 is 0 Å². The summed E-state index contributed by atoms with van der Waals surface area (Å²) >= 11 is 0. The van der Waals surface area contributed by atoms with E-state index in [0.717, 1.165) is 5.56 Å². The van der Waals surface area contributed by atoms with Gasteiger partial charge in [-0.25, -0.2) is 4.98 Å².